The van der Waals surface area contributed by atoms with E-state index >= 15 is 0 Å². The zero-order valence-corrected chi connectivity index (χ0v) is 21.2. The Morgan fingerprint density at radius 3 is 2.24 bits per heavy atom. The van der Waals surface area contributed by atoms with Crippen molar-refractivity contribution in [3.63, 3.8) is 0 Å². The van der Waals surface area contributed by atoms with Crippen LogP contribution in [0.2, 0.25) is 0 Å². The predicted molar refractivity (Wildman–Crippen MR) is 134 cm³/mol. The lowest BCUT2D eigenvalue weighted by molar-refractivity contribution is -0.149. The van der Waals surface area contributed by atoms with Gasteiger partial charge in [-0.15, -0.1) is 0 Å². The molecule has 0 N–H and O–H groups in total. The Hall–Kier alpha value is -3.72. The van der Waals surface area contributed by atoms with Crippen molar-refractivity contribution in [1.82, 2.24) is 14.8 Å². The molecule has 2 aromatic carbocycles. The maximum Gasteiger partial charge on any atom is 0.309 e. The number of oxazole rings is 1. The van der Waals surface area contributed by atoms with Crippen molar-refractivity contribution in [1.29, 1.82) is 0 Å². The number of hydrogen-bond donors (Lipinski definition) is 0. The van der Waals surface area contributed by atoms with Gasteiger partial charge in [-0.3, -0.25) is 14.5 Å². The molecule has 2 heterocycles. The number of esters is 1. The van der Waals surface area contributed by atoms with Crippen molar-refractivity contribution in [2.45, 2.75) is 39.4 Å². The van der Waals surface area contributed by atoms with Crippen molar-refractivity contribution in [3.05, 3.63) is 83.3 Å². The Balaban J connectivity index is 1.41. The van der Waals surface area contributed by atoms with Gasteiger partial charge in [0, 0.05) is 26.2 Å². The SMILES string of the molecule is CCOC(=O)C1CCN(C(=O)c2coc(CN(Cc3ccc(F)cc3)Cc3ccc(OC)cc3)n2)CC1. The summed E-state index contributed by atoms with van der Waals surface area (Å²) in [5.41, 5.74) is 2.26. The Morgan fingerprint density at radius 2 is 1.65 bits per heavy atom. The molecule has 8 nitrogen and oxygen atoms in total. The van der Waals surface area contributed by atoms with Crippen molar-refractivity contribution in [2.75, 3.05) is 26.8 Å². The summed E-state index contributed by atoms with van der Waals surface area (Å²) >= 11 is 0. The third-order valence-corrected chi connectivity index (χ3v) is 6.42. The van der Waals surface area contributed by atoms with E-state index in [9.17, 15) is 14.0 Å². The van der Waals surface area contributed by atoms with E-state index in [0.29, 0.717) is 58.1 Å². The first-order chi connectivity index (χ1) is 17.9. The highest BCUT2D eigenvalue weighted by atomic mass is 19.1. The lowest BCUT2D eigenvalue weighted by Crippen LogP contribution is -2.40. The molecule has 0 bridgehead atoms. The summed E-state index contributed by atoms with van der Waals surface area (Å²) in [5.74, 6) is 0.327. The summed E-state index contributed by atoms with van der Waals surface area (Å²) in [5, 5.41) is 0. The Bertz CT molecular complexity index is 1170. The van der Waals surface area contributed by atoms with E-state index in [1.54, 1.807) is 31.1 Å². The van der Waals surface area contributed by atoms with Crippen LogP contribution in [0.15, 0.2) is 59.2 Å². The molecular weight excluding hydrogens is 477 g/mol. The van der Waals surface area contributed by atoms with Crippen LogP contribution in [0.5, 0.6) is 5.75 Å². The number of nitrogens with zero attached hydrogens (tertiary/aromatic N) is 3. The quantitative estimate of drug-likeness (QED) is 0.374. The third kappa shape index (κ3) is 7.16. The van der Waals surface area contributed by atoms with Crippen molar-refractivity contribution in [2.24, 2.45) is 5.92 Å². The van der Waals surface area contributed by atoms with E-state index in [0.717, 1.165) is 16.9 Å². The van der Waals surface area contributed by atoms with Gasteiger partial charge in [-0.1, -0.05) is 24.3 Å². The first-order valence-electron chi connectivity index (χ1n) is 12.4. The van der Waals surface area contributed by atoms with Crippen LogP contribution < -0.4 is 4.74 Å². The van der Waals surface area contributed by atoms with E-state index in [-0.39, 0.29) is 29.3 Å². The predicted octanol–water partition coefficient (Wildman–Crippen LogP) is 4.44. The maximum atomic E-state index is 13.4. The third-order valence-electron chi connectivity index (χ3n) is 6.42. The molecular formula is C28H32FN3O5. The molecule has 0 saturated carbocycles. The Morgan fingerprint density at radius 1 is 1.03 bits per heavy atom. The number of ether oxygens (including phenoxy) is 2. The van der Waals surface area contributed by atoms with E-state index in [1.807, 2.05) is 24.3 Å². The second-order valence-corrected chi connectivity index (χ2v) is 9.06. The highest BCUT2D eigenvalue weighted by Gasteiger charge is 2.30. The molecule has 0 unspecified atom stereocenters. The van der Waals surface area contributed by atoms with Crippen molar-refractivity contribution >= 4 is 11.9 Å². The first-order valence-corrected chi connectivity index (χ1v) is 12.4. The molecule has 0 spiro atoms. The largest absolute Gasteiger partial charge is 0.497 e. The normalized spacial score (nSPS) is 14.1. The minimum atomic E-state index is -0.285. The highest BCUT2D eigenvalue weighted by molar-refractivity contribution is 5.92. The molecule has 37 heavy (non-hydrogen) atoms. The summed E-state index contributed by atoms with van der Waals surface area (Å²) in [7, 11) is 1.62. The van der Waals surface area contributed by atoms with Crippen molar-refractivity contribution < 1.29 is 27.9 Å². The summed E-state index contributed by atoms with van der Waals surface area (Å²) in [4.78, 5) is 33.3. The summed E-state index contributed by atoms with van der Waals surface area (Å²) < 4.78 is 29.4. The molecule has 4 rings (SSSR count). The van der Waals surface area contributed by atoms with E-state index in [4.69, 9.17) is 13.9 Å². The standard InChI is InChI=1S/C28H32FN3O5/c1-3-36-28(34)22-12-14-32(15-13-22)27(33)25-19-37-26(30-25)18-31(16-20-4-8-23(29)9-5-20)17-21-6-10-24(35-2)11-7-21/h4-11,19,22H,3,12-18H2,1-2H3. The van der Waals surface area contributed by atoms with Gasteiger partial charge in [-0.25, -0.2) is 9.37 Å². The van der Waals surface area contributed by atoms with Gasteiger partial charge in [-0.2, -0.15) is 0 Å². The number of rotatable bonds is 10. The Labute approximate surface area is 216 Å². The summed E-state index contributed by atoms with van der Waals surface area (Å²) in [6.07, 6.45) is 2.53. The van der Waals surface area contributed by atoms with Crippen LogP contribution in [0.4, 0.5) is 4.39 Å². The lowest BCUT2D eigenvalue weighted by Gasteiger charge is -2.30. The fraction of sp³-hybridized carbons (Fsp3) is 0.393. The van der Waals surface area contributed by atoms with Crippen LogP contribution in [0.3, 0.4) is 0 Å². The number of methoxy groups -OCH3 is 1. The average molecular weight is 510 g/mol. The molecule has 1 amide bonds. The molecule has 1 fully saturated rings. The van der Waals surface area contributed by atoms with Crippen LogP contribution >= 0.6 is 0 Å². The lowest BCUT2D eigenvalue weighted by atomic mass is 9.97. The van der Waals surface area contributed by atoms with Crippen LogP contribution in [0, 0.1) is 11.7 Å². The smallest absolute Gasteiger partial charge is 0.309 e. The number of carbonyl (C=O) groups is 2. The minimum absolute atomic E-state index is 0.171. The van der Waals surface area contributed by atoms with Gasteiger partial charge in [-0.05, 0) is 55.2 Å². The number of aromatic nitrogens is 1. The number of hydrogen-bond acceptors (Lipinski definition) is 7. The molecule has 0 radical (unpaired) electrons. The van der Waals surface area contributed by atoms with Crippen LogP contribution in [-0.4, -0.2) is 53.5 Å². The average Bonchev–Trinajstić information content (AvgIpc) is 3.38. The topological polar surface area (TPSA) is 85.1 Å². The number of halogens is 1. The zero-order chi connectivity index (χ0) is 26.2. The molecule has 1 aliphatic rings. The maximum absolute atomic E-state index is 13.4. The van der Waals surface area contributed by atoms with E-state index in [2.05, 4.69) is 9.88 Å². The summed E-state index contributed by atoms with van der Waals surface area (Å²) in [6, 6.07) is 14.2. The van der Waals surface area contributed by atoms with E-state index in [1.165, 1.54) is 18.4 Å². The number of piperidine rings is 1. The molecule has 1 aromatic heterocycles. The second-order valence-electron chi connectivity index (χ2n) is 9.06. The van der Waals surface area contributed by atoms with Gasteiger partial charge in [0.25, 0.3) is 5.91 Å². The number of carbonyl (C=O) groups excluding carboxylic acids is 2. The van der Waals surface area contributed by atoms with Gasteiger partial charge in [0.1, 0.15) is 17.8 Å². The molecule has 1 saturated heterocycles. The molecule has 9 heteroatoms. The molecule has 196 valence electrons. The summed E-state index contributed by atoms with van der Waals surface area (Å²) in [6.45, 7) is 4.58. The van der Waals surface area contributed by atoms with Crippen LogP contribution in [0.1, 0.15) is 47.3 Å². The van der Waals surface area contributed by atoms with Gasteiger partial charge in [0.05, 0.1) is 26.2 Å². The molecule has 0 atom stereocenters. The van der Waals surface area contributed by atoms with Gasteiger partial charge in [0.15, 0.2) is 5.69 Å². The van der Waals surface area contributed by atoms with E-state index < -0.39 is 0 Å². The monoisotopic (exact) mass is 509 g/mol. The molecule has 1 aliphatic heterocycles. The van der Waals surface area contributed by atoms with Gasteiger partial charge >= 0.3 is 5.97 Å². The van der Waals surface area contributed by atoms with Crippen LogP contribution in [0.25, 0.3) is 0 Å². The van der Waals surface area contributed by atoms with Gasteiger partial charge < -0.3 is 18.8 Å². The van der Waals surface area contributed by atoms with Crippen LogP contribution in [-0.2, 0) is 29.2 Å². The fourth-order valence-corrected chi connectivity index (χ4v) is 4.42. The number of benzene rings is 2. The zero-order valence-electron chi connectivity index (χ0n) is 21.2. The van der Waals surface area contributed by atoms with Gasteiger partial charge in [0.2, 0.25) is 5.89 Å². The molecule has 0 aliphatic carbocycles. The fourth-order valence-electron chi connectivity index (χ4n) is 4.42. The number of likely N-dealkylation sites (tertiary alicyclic amines) is 1. The molecule has 3 aromatic rings. The minimum Gasteiger partial charge on any atom is -0.497 e. The number of amides is 1. The first kappa shape index (κ1) is 26.3. The Kier molecular flexibility index (Phi) is 8.90. The van der Waals surface area contributed by atoms with Crippen molar-refractivity contribution in [3.8, 4) is 5.75 Å². The second kappa shape index (κ2) is 12.5. The highest BCUT2D eigenvalue weighted by Crippen LogP contribution is 2.21.